The average molecular weight is 321 g/mol. The molecule has 0 saturated carbocycles. The van der Waals surface area contributed by atoms with E-state index in [0.717, 1.165) is 22.0 Å². The molecule has 1 unspecified atom stereocenters. The van der Waals surface area contributed by atoms with Gasteiger partial charge >= 0.3 is 0 Å². The molecule has 2 nitrogen and oxygen atoms in total. The predicted octanol–water partition coefficient (Wildman–Crippen LogP) is 5.16. The first kappa shape index (κ1) is 13.7. The molecule has 0 spiro atoms. The van der Waals surface area contributed by atoms with Crippen LogP contribution in [-0.4, -0.2) is 10.2 Å². The van der Waals surface area contributed by atoms with E-state index in [0.29, 0.717) is 0 Å². The van der Waals surface area contributed by atoms with Gasteiger partial charge in [0.1, 0.15) is 10.4 Å². The third-order valence-corrected chi connectivity index (χ3v) is 5.95. The zero-order valence-corrected chi connectivity index (χ0v) is 13.3. The molecule has 0 aliphatic heterocycles. The lowest BCUT2D eigenvalue weighted by Crippen LogP contribution is -1.91. The standard InChI is InChI=1S/C15H13ClN2S2/c1-2-11-8-9-12(19-11)14-17-18-15(20-14)13(16)10-6-4-3-5-7-10/h3-9,13H,2H2,1H3. The molecule has 2 heterocycles. The van der Waals surface area contributed by atoms with E-state index in [4.69, 9.17) is 11.6 Å². The molecule has 0 saturated heterocycles. The highest BCUT2D eigenvalue weighted by atomic mass is 35.5. The first-order valence-electron chi connectivity index (χ1n) is 6.39. The van der Waals surface area contributed by atoms with Crippen LogP contribution in [0.25, 0.3) is 9.88 Å². The zero-order valence-electron chi connectivity index (χ0n) is 10.9. The van der Waals surface area contributed by atoms with Gasteiger partial charge in [-0.3, -0.25) is 0 Å². The van der Waals surface area contributed by atoms with Crippen LogP contribution in [0.5, 0.6) is 0 Å². The number of hydrogen-bond donors (Lipinski definition) is 0. The molecule has 1 aromatic carbocycles. The fourth-order valence-electron chi connectivity index (χ4n) is 1.88. The van der Waals surface area contributed by atoms with Crippen molar-refractivity contribution in [2.75, 3.05) is 0 Å². The number of alkyl halides is 1. The minimum atomic E-state index is -0.229. The summed E-state index contributed by atoms with van der Waals surface area (Å²) in [5, 5.41) is 10.1. The molecule has 0 N–H and O–H groups in total. The summed E-state index contributed by atoms with van der Waals surface area (Å²) in [6, 6.07) is 14.2. The van der Waals surface area contributed by atoms with Crippen molar-refractivity contribution in [2.24, 2.45) is 0 Å². The topological polar surface area (TPSA) is 25.8 Å². The molecule has 0 bridgehead atoms. The lowest BCUT2D eigenvalue weighted by atomic mass is 10.1. The molecule has 3 rings (SSSR count). The van der Waals surface area contributed by atoms with Crippen LogP contribution in [0.3, 0.4) is 0 Å². The van der Waals surface area contributed by atoms with Gasteiger partial charge in [-0.15, -0.1) is 33.1 Å². The van der Waals surface area contributed by atoms with E-state index in [1.165, 1.54) is 9.75 Å². The third kappa shape index (κ3) is 2.77. The Bertz CT molecular complexity index is 691. The van der Waals surface area contributed by atoms with Crippen LogP contribution in [0.15, 0.2) is 42.5 Å². The van der Waals surface area contributed by atoms with Gasteiger partial charge in [-0.25, -0.2) is 0 Å². The number of aromatic nitrogens is 2. The van der Waals surface area contributed by atoms with E-state index in [1.54, 1.807) is 22.7 Å². The molecule has 0 amide bonds. The molecule has 20 heavy (non-hydrogen) atoms. The summed E-state index contributed by atoms with van der Waals surface area (Å²) >= 11 is 9.82. The van der Waals surface area contributed by atoms with Crippen LogP contribution in [0, 0.1) is 0 Å². The van der Waals surface area contributed by atoms with Crippen LogP contribution >= 0.6 is 34.3 Å². The van der Waals surface area contributed by atoms with Crippen molar-refractivity contribution in [3.63, 3.8) is 0 Å². The summed E-state index contributed by atoms with van der Waals surface area (Å²) in [7, 11) is 0. The second-order valence-corrected chi connectivity index (χ2v) is 6.95. The van der Waals surface area contributed by atoms with Gasteiger partial charge in [0.2, 0.25) is 0 Å². The second-order valence-electron chi connectivity index (χ2n) is 4.34. The number of hydrogen-bond acceptors (Lipinski definition) is 4. The Kier molecular flexibility index (Phi) is 4.15. The van der Waals surface area contributed by atoms with Crippen molar-refractivity contribution in [3.05, 3.63) is 57.9 Å². The Morgan fingerprint density at radius 1 is 1.05 bits per heavy atom. The summed E-state index contributed by atoms with van der Waals surface area (Å²) < 4.78 is 0. The number of aryl methyl sites for hydroxylation is 1. The van der Waals surface area contributed by atoms with E-state index in [2.05, 4.69) is 29.3 Å². The van der Waals surface area contributed by atoms with E-state index in [1.807, 2.05) is 30.3 Å². The van der Waals surface area contributed by atoms with Crippen LogP contribution in [-0.2, 0) is 6.42 Å². The molecule has 0 radical (unpaired) electrons. The minimum Gasteiger partial charge on any atom is -0.141 e. The maximum atomic E-state index is 6.48. The predicted molar refractivity (Wildman–Crippen MR) is 86.7 cm³/mol. The van der Waals surface area contributed by atoms with Gasteiger partial charge in [-0.05, 0) is 24.1 Å². The van der Waals surface area contributed by atoms with Crippen molar-refractivity contribution in [1.29, 1.82) is 0 Å². The Morgan fingerprint density at radius 2 is 1.85 bits per heavy atom. The third-order valence-electron chi connectivity index (χ3n) is 2.97. The first-order chi connectivity index (χ1) is 9.78. The van der Waals surface area contributed by atoms with Crippen molar-refractivity contribution < 1.29 is 0 Å². The number of benzene rings is 1. The fourth-order valence-corrected chi connectivity index (χ4v) is 4.05. The van der Waals surface area contributed by atoms with Crippen molar-refractivity contribution in [1.82, 2.24) is 10.2 Å². The van der Waals surface area contributed by atoms with Crippen LogP contribution in [0.4, 0.5) is 0 Å². The SMILES string of the molecule is CCc1ccc(-c2nnc(C(Cl)c3ccccc3)s2)s1. The van der Waals surface area contributed by atoms with Crippen LogP contribution < -0.4 is 0 Å². The lowest BCUT2D eigenvalue weighted by Gasteiger charge is -2.04. The van der Waals surface area contributed by atoms with Gasteiger partial charge in [0.25, 0.3) is 0 Å². The van der Waals surface area contributed by atoms with E-state index in [9.17, 15) is 0 Å². The summed E-state index contributed by atoms with van der Waals surface area (Å²) in [4.78, 5) is 2.53. The van der Waals surface area contributed by atoms with Crippen molar-refractivity contribution in [2.45, 2.75) is 18.7 Å². The van der Waals surface area contributed by atoms with Gasteiger partial charge in [-0.1, -0.05) is 48.6 Å². The van der Waals surface area contributed by atoms with E-state index in [-0.39, 0.29) is 5.38 Å². The van der Waals surface area contributed by atoms with Crippen molar-refractivity contribution >= 4 is 34.3 Å². The molecule has 1 atom stereocenters. The van der Waals surface area contributed by atoms with Gasteiger partial charge in [0.05, 0.1) is 4.88 Å². The highest BCUT2D eigenvalue weighted by Gasteiger charge is 2.17. The van der Waals surface area contributed by atoms with Gasteiger partial charge in [0, 0.05) is 4.88 Å². The molecular formula is C15H13ClN2S2. The first-order valence-corrected chi connectivity index (χ1v) is 8.46. The Balaban J connectivity index is 1.86. The maximum absolute atomic E-state index is 6.48. The lowest BCUT2D eigenvalue weighted by molar-refractivity contribution is 0.989. The second kappa shape index (κ2) is 6.04. The largest absolute Gasteiger partial charge is 0.157 e. The molecule has 2 aromatic heterocycles. The smallest absolute Gasteiger partial charge is 0.141 e. The monoisotopic (exact) mass is 320 g/mol. The number of nitrogens with zero attached hydrogens (tertiary/aromatic N) is 2. The van der Waals surface area contributed by atoms with Gasteiger partial charge in [-0.2, -0.15) is 0 Å². The highest BCUT2D eigenvalue weighted by molar-refractivity contribution is 7.21. The molecule has 0 fully saturated rings. The summed E-state index contributed by atoms with van der Waals surface area (Å²) in [5.74, 6) is 0. The van der Waals surface area contributed by atoms with Gasteiger partial charge < -0.3 is 0 Å². The Morgan fingerprint density at radius 3 is 2.55 bits per heavy atom. The zero-order chi connectivity index (χ0) is 13.9. The summed E-state index contributed by atoms with van der Waals surface area (Å²) in [6.45, 7) is 2.16. The Hall–Kier alpha value is -1.23. The normalized spacial score (nSPS) is 12.5. The number of rotatable bonds is 4. The molecule has 102 valence electrons. The maximum Gasteiger partial charge on any atom is 0.157 e. The molecular weight excluding hydrogens is 308 g/mol. The van der Waals surface area contributed by atoms with E-state index < -0.39 is 0 Å². The molecule has 0 aliphatic rings. The number of halogens is 1. The molecule has 5 heteroatoms. The average Bonchev–Trinajstić information content (AvgIpc) is 3.16. The highest BCUT2D eigenvalue weighted by Crippen LogP contribution is 2.36. The minimum absolute atomic E-state index is 0.229. The molecule has 0 aliphatic carbocycles. The quantitative estimate of drug-likeness (QED) is 0.621. The summed E-state index contributed by atoms with van der Waals surface area (Å²) in [6.07, 6.45) is 1.05. The fraction of sp³-hybridized carbons (Fsp3) is 0.200. The Labute approximate surface area is 131 Å². The molecule has 3 aromatic rings. The van der Waals surface area contributed by atoms with E-state index >= 15 is 0 Å². The van der Waals surface area contributed by atoms with Gasteiger partial charge in [0.15, 0.2) is 5.01 Å². The number of thiophene rings is 1. The van der Waals surface area contributed by atoms with Crippen LogP contribution in [0.1, 0.15) is 27.7 Å². The van der Waals surface area contributed by atoms with Crippen molar-refractivity contribution in [3.8, 4) is 9.88 Å². The summed E-state index contributed by atoms with van der Waals surface area (Å²) in [5.41, 5.74) is 1.05. The van der Waals surface area contributed by atoms with Crippen LogP contribution in [0.2, 0.25) is 0 Å².